The monoisotopic (exact) mass is 242 g/mol. The largest absolute Gasteiger partial charge is 0.486 e. The number of hydrogen-bond acceptors (Lipinski definition) is 1. The third kappa shape index (κ3) is 1.62. The van der Waals surface area contributed by atoms with Crippen molar-refractivity contribution in [3.05, 3.63) is 42.5 Å². The van der Waals surface area contributed by atoms with Crippen molar-refractivity contribution >= 4 is 44.9 Å². The molecule has 0 aliphatic heterocycles. The summed E-state index contributed by atoms with van der Waals surface area (Å²) < 4.78 is 0. The molecule has 0 aliphatic carbocycles. The topological polar surface area (TPSA) is 48.0 Å². The second-order valence-electron chi connectivity index (χ2n) is 3.83. The molecule has 3 aromatic rings. The Labute approximate surface area is 103 Å². The summed E-state index contributed by atoms with van der Waals surface area (Å²) in [6.45, 7) is 0. The molecule has 1 heterocycles. The molecule has 3 nitrogen and oxygen atoms in total. The predicted molar refractivity (Wildman–Crippen MR) is 74.7 cm³/mol. The van der Waals surface area contributed by atoms with Crippen LogP contribution in [0.3, 0.4) is 0 Å². The molecule has 0 saturated heterocycles. The molecule has 0 bridgehead atoms. The summed E-state index contributed by atoms with van der Waals surface area (Å²) in [6, 6.07) is 13.9. The normalized spacial score (nSPS) is 10.8. The number of nitrogens with one attached hydrogen (secondary N) is 2. The Morgan fingerprint density at radius 2 is 1.82 bits per heavy atom. The second kappa shape index (κ2) is 3.75. The number of anilines is 1. The van der Waals surface area contributed by atoms with Gasteiger partial charge in [0.2, 0.25) is 0 Å². The molecule has 3 rings (SSSR count). The standard InChI is InChI=1S/C13H10N2OS/c16-13(17)15-11-7-3-5-9-8-4-1-2-6-10(8)14-12(9)11/h1-7,14H,(H2,15,16,17). The van der Waals surface area contributed by atoms with Crippen molar-refractivity contribution < 1.29 is 5.11 Å². The highest BCUT2D eigenvalue weighted by Crippen LogP contribution is 2.29. The zero-order valence-corrected chi connectivity index (χ0v) is 9.71. The van der Waals surface area contributed by atoms with E-state index in [-0.39, 0.29) is 5.17 Å². The van der Waals surface area contributed by atoms with Crippen LogP contribution in [0.15, 0.2) is 42.5 Å². The number of hydrogen-bond donors (Lipinski definition) is 3. The van der Waals surface area contributed by atoms with Crippen LogP contribution in [0.2, 0.25) is 0 Å². The average Bonchev–Trinajstić information content (AvgIpc) is 2.68. The number of aromatic amines is 1. The number of para-hydroxylation sites is 2. The molecule has 0 fully saturated rings. The molecule has 0 aliphatic rings. The zero-order valence-electron chi connectivity index (χ0n) is 8.90. The maximum Gasteiger partial charge on any atom is 0.258 e. The van der Waals surface area contributed by atoms with Gasteiger partial charge < -0.3 is 15.4 Å². The van der Waals surface area contributed by atoms with E-state index in [2.05, 4.69) is 28.6 Å². The van der Waals surface area contributed by atoms with E-state index in [1.165, 1.54) is 0 Å². The lowest BCUT2D eigenvalue weighted by atomic mass is 10.1. The number of fused-ring (bicyclic) bond motifs is 3. The lowest BCUT2D eigenvalue weighted by Crippen LogP contribution is -2.06. The average molecular weight is 242 g/mol. The molecule has 0 amide bonds. The molecule has 0 saturated carbocycles. The second-order valence-corrected chi connectivity index (χ2v) is 4.22. The molecule has 4 heteroatoms. The van der Waals surface area contributed by atoms with Crippen molar-refractivity contribution in [3.8, 4) is 0 Å². The Morgan fingerprint density at radius 1 is 1.06 bits per heavy atom. The zero-order chi connectivity index (χ0) is 11.8. The van der Waals surface area contributed by atoms with Gasteiger partial charge in [0.15, 0.2) is 0 Å². The van der Waals surface area contributed by atoms with E-state index in [1.807, 2.05) is 36.4 Å². The molecular weight excluding hydrogens is 232 g/mol. The Kier molecular flexibility index (Phi) is 2.23. The Hall–Kier alpha value is -2.07. The van der Waals surface area contributed by atoms with Crippen LogP contribution in [0.5, 0.6) is 0 Å². The molecule has 0 radical (unpaired) electrons. The first-order valence-electron chi connectivity index (χ1n) is 5.25. The van der Waals surface area contributed by atoms with Crippen LogP contribution in [0, 0.1) is 0 Å². The van der Waals surface area contributed by atoms with Crippen molar-refractivity contribution in [2.75, 3.05) is 5.32 Å². The number of rotatable bonds is 1. The quantitative estimate of drug-likeness (QED) is 0.572. The molecule has 0 spiro atoms. The van der Waals surface area contributed by atoms with E-state index < -0.39 is 0 Å². The van der Waals surface area contributed by atoms with Crippen LogP contribution >= 0.6 is 12.2 Å². The molecule has 1 aromatic heterocycles. The van der Waals surface area contributed by atoms with E-state index in [1.54, 1.807) is 0 Å². The number of thiocarbonyl (C=S) groups is 1. The van der Waals surface area contributed by atoms with Crippen LogP contribution in [0.1, 0.15) is 0 Å². The van der Waals surface area contributed by atoms with Gasteiger partial charge in [0.25, 0.3) is 5.17 Å². The van der Waals surface area contributed by atoms with Crippen LogP contribution in [0.25, 0.3) is 21.8 Å². The summed E-state index contributed by atoms with van der Waals surface area (Å²) in [7, 11) is 0. The first kappa shape index (κ1) is 10.1. The fourth-order valence-electron chi connectivity index (χ4n) is 2.09. The summed E-state index contributed by atoms with van der Waals surface area (Å²) in [5.41, 5.74) is 2.80. The van der Waals surface area contributed by atoms with Crippen LogP contribution < -0.4 is 5.32 Å². The fourth-order valence-corrected chi connectivity index (χ4v) is 2.20. The maximum absolute atomic E-state index is 9.15. The highest BCUT2D eigenvalue weighted by Gasteiger charge is 2.07. The van der Waals surface area contributed by atoms with Crippen molar-refractivity contribution in [1.29, 1.82) is 0 Å². The van der Waals surface area contributed by atoms with Crippen molar-refractivity contribution in [2.24, 2.45) is 0 Å². The van der Waals surface area contributed by atoms with Crippen molar-refractivity contribution in [2.45, 2.75) is 0 Å². The van der Waals surface area contributed by atoms with Gasteiger partial charge in [-0.1, -0.05) is 30.3 Å². The van der Waals surface area contributed by atoms with Gasteiger partial charge >= 0.3 is 0 Å². The van der Waals surface area contributed by atoms with Crippen molar-refractivity contribution in [3.63, 3.8) is 0 Å². The first-order valence-corrected chi connectivity index (χ1v) is 5.66. The number of H-pyrrole nitrogens is 1. The molecule has 3 N–H and O–H groups in total. The van der Waals surface area contributed by atoms with Gasteiger partial charge in [-0.2, -0.15) is 0 Å². The molecule has 84 valence electrons. The number of aliphatic hydroxyl groups is 1. The molecular formula is C13H10N2OS. The fraction of sp³-hybridized carbons (Fsp3) is 0. The highest BCUT2D eigenvalue weighted by atomic mass is 32.1. The molecule has 0 unspecified atom stereocenters. The minimum Gasteiger partial charge on any atom is -0.486 e. The third-order valence-corrected chi connectivity index (χ3v) is 2.89. The molecule has 17 heavy (non-hydrogen) atoms. The van der Waals surface area contributed by atoms with Crippen LogP contribution in [-0.4, -0.2) is 15.3 Å². The number of benzene rings is 2. The maximum atomic E-state index is 9.15. The highest BCUT2D eigenvalue weighted by molar-refractivity contribution is 7.80. The van der Waals surface area contributed by atoms with E-state index in [4.69, 9.17) is 5.11 Å². The summed E-state index contributed by atoms with van der Waals surface area (Å²) >= 11 is 4.65. The minimum atomic E-state index is -0.226. The van der Waals surface area contributed by atoms with E-state index in [9.17, 15) is 0 Å². The molecule has 2 aromatic carbocycles. The summed E-state index contributed by atoms with van der Waals surface area (Å²) in [5.74, 6) is 0. The van der Waals surface area contributed by atoms with E-state index in [0.717, 1.165) is 27.5 Å². The van der Waals surface area contributed by atoms with Crippen molar-refractivity contribution in [1.82, 2.24) is 4.98 Å². The lowest BCUT2D eigenvalue weighted by Gasteiger charge is -2.03. The van der Waals surface area contributed by atoms with Gasteiger partial charge in [0.1, 0.15) is 0 Å². The Balaban J connectivity index is 2.35. The van der Waals surface area contributed by atoms with Crippen LogP contribution in [0.4, 0.5) is 5.69 Å². The SMILES string of the molecule is OC(=S)Nc1cccc2c1[nH]c1ccccc12. The van der Waals surface area contributed by atoms with Gasteiger partial charge in [0, 0.05) is 16.3 Å². The first-order chi connectivity index (χ1) is 8.25. The smallest absolute Gasteiger partial charge is 0.258 e. The van der Waals surface area contributed by atoms with E-state index in [0.29, 0.717) is 0 Å². The van der Waals surface area contributed by atoms with Gasteiger partial charge in [-0.05, 0) is 24.4 Å². The minimum absolute atomic E-state index is 0.226. The summed E-state index contributed by atoms with van der Waals surface area (Å²) in [6.07, 6.45) is 0. The lowest BCUT2D eigenvalue weighted by molar-refractivity contribution is 0.567. The van der Waals surface area contributed by atoms with Gasteiger partial charge in [-0.25, -0.2) is 0 Å². The Morgan fingerprint density at radius 3 is 2.65 bits per heavy atom. The summed E-state index contributed by atoms with van der Waals surface area (Å²) in [4.78, 5) is 3.32. The van der Waals surface area contributed by atoms with Gasteiger partial charge in [-0.3, -0.25) is 0 Å². The number of aliphatic hydroxyl groups excluding tert-OH is 1. The Bertz CT molecular complexity index is 718. The number of aromatic nitrogens is 1. The van der Waals surface area contributed by atoms with Crippen LogP contribution in [-0.2, 0) is 0 Å². The van der Waals surface area contributed by atoms with Gasteiger partial charge in [-0.15, -0.1) is 0 Å². The molecule has 0 atom stereocenters. The predicted octanol–water partition coefficient (Wildman–Crippen LogP) is 3.58. The van der Waals surface area contributed by atoms with E-state index >= 15 is 0 Å². The van der Waals surface area contributed by atoms with Gasteiger partial charge in [0.05, 0.1) is 11.2 Å². The third-order valence-electron chi connectivity index (χ3n) is 2.78. The summed E-state index contributed by atoms with van der Waals surface area (Å²) in [5, 5.41) is 14.0.